The van der Waals surface area contributed by atoms with E-state index in [2.05, 4.69) is 44.8 Å². The Morgan fingerprint density at radius 2 is 2.00 bits per heavy atom. The van der Waals surface area contributed by atoms with E-state index in [4.69, 9.17) is 9.72 Å². The number of rotatable bonds is 9. The van der Waals surface area contributed by atoms with Gasteiger partial charge in [-0.15, -0.1) is 11.3 Å². The van der Waals surface area contributed by atoms with Crippen molar-refractivity contribution in [3.8, 4) is 0 Å². The minimum absolute atomic E-state index is 0.463. The molecule has 0 fully saturated rings. The van der Waals surface area contributed by atoms with Gasteiger partial charge in [-0.3, -0.25) is 0 Å². The highest BCUT2D eigenvalue weighted by molar-refractivity contribution is 7.15. The lowest BCUT2D eigenvalue weighted by atomic mass is 10.1. The number of nitrogens with zero attached hydrogens (tertiary/aromatic N) is 2. The number of anilines is 1. The second-order valence-corrected chi connectivity index (χ2v) is 6.63. The van der Waals surface area contributed by atoms with Gasteiger partial charge in [-0.05, 0) is 12.8 Å². The maximum absolute atomic E-state index is 5.18. The SMILES string of the molecule is CCN(CCOC)c1nc(C(C)C)c(CNC(C)C)s1. The van der Waals surface area contributed by atoms with Crippen molar-refractivity contribution >= 4 is 16.5 Å². The van der Waals surface area contributed by atoms with Crippen LogP contribution in [0.5, 0.6) is 0 Å². The van der Waals surface area contributed by atoms with E-state index in [1.807, 2.05) is 11.3 Å². The van der Waals surface area contributed by atoms with Gasteiger partial charge in [0.1, 0.15) is 0 Å². The lowest BCUT2D eigenvalue weighted by Crippen LogP contribution is -2.26. The highest BCUT2D eigenvalue weighted by Gasteiger charge is 2.17. The summed E-state index contributed by atoms with van der Waals surface area (Å²) >= 11 is 1.81. The van der Waals surface area contributed by atoms with Crippen molar-refractivity contribution in [2.75, 3.05) is 31.7 Å². The molecule has 1 aromatic rings. The quantitative estimate of drug-likeness (QED) is 0.759. The van der Waals surface area contributed by atoms with Crippen LogP contribution in [-0.4, -0.2) is 37.8 Å². The molecule has 1 aromatic heterocycles. The fourth-order valence-corrected chi connectivity index (χ4v) is 3.21. The van der Waals surface area contributed by atoms with Crippen LogP contribution in [0, 0.1) is 0 Å². The van der Waals surface area contributed by atoms with E-state index >= 15 is 0 Å². The highest BCUT2D eigenvalue weighted by Crippen LogP contribution is 2.30. The Bertz CT molecular complexity index is 390. The topological polar surface area (TPSA) is 37.4 Å². The highest BCUT2D eigenvalue weighted by atomic mass is 32.1. The summed E-state index contributed by atoms with van der Waals surface area (Å²) in [5, 5.41) is 4.62. The van der Waals surface area contributed by atoms with Crippen LogP contribution in [0.2, 0.25) is 0 Å². The first-order chi connectivity index (χ1) is 9.49. The third-order valence-electron chi connectivity index (χ3n) is 3.15. The third kappa shape index (κ3) is 5.04. The number of likely N-dealkylation sites (N-methyl/N-ethyl adjacent to an activating group) is 1. The molecule has 0 amide bonds. The minimum Gasteiger partial charge on any atom is -0.383 e. The van der Waals surface area contributed by atoms with Crippen molar-refractivity contribution in [3.63, 3.8) is 0 Å². The molecule has 1 heterocycles. The Kier molecular flexibility index (Phi) is 7.48. The van der Waals surface area contributed by atoms with Gasteiger partial charge >= 0.3 is 0 Å². The maximum atomic E-state index is 5.18. The largest absolute Gasteiger partial charge is 0.383 e. The Balaban J connectivity index is 2.88. The molecule has 0 aliphatic rings. The molecule has 0 saturated heterocycles. The molecule has 1 rings (SSSR count). The lowest BCUT2D eigenvalue weighted by Gasteiger charge is -2.18. The molecule has 0 saturated carbocycles. The summed E-state index contributed by atoms with van der Waals surface area (Å²) in [6.45, 7) is 14.4. The number of aromatic nitrogens is 1. The summed E-state index contributed by atoms with van der Waals surface area (Å²) in [6, 6.07) is 0.497. The van der Waals surface area contributed by atoms with Gasteiger partial charge in [-0.1, -0.05) is 27.7 Å². The molecule has 1 N–H and O–H groups in total. The molecule has 0 aliphatic heterocycles. The zero-order valence-corrected chi connectivity index (χ0v) is 14.5. The van der Waals surface area contributed by atoms with Crippen LogP contribution in [0.25, 0.3) is 0 Å². The van der Waals surface area contributed by atoms with Crippen molar-refractivity contribution in [2.24, 2.45) is 0 Å². The van der Waals surface area contributed by atoms with Crippen molar-refractivity contribution in [3.05, 3.63) is 10.6 Å². The number of hydrogen-bond acceptors (Lipinski definition) is 5. The Hall–Kier alpha value is -0.650. The van der Waals surface area contributed by atoms with Gasteiger partial charge in [0.15, 0.2) is 5.13 Å². The molecular weight excluding hydrogens is 270 g/mol. The summed E-state index contributed by atoms with van der Waals surface area (Å²) in [5.74, 6) is 0.463. The van der Waals surface area contributed by atoms with Crippen LogP contribution in [0.15, 0.2) is 0 Å². The second kappa shape index (κ2) is 8.60. The van der Waals surface area contributed by atoms with E-state index in [1.165, 1.54) is 10.6 Å². The van der Waals surface area contributed by atoms with Crippen LogP contribution in [-0.2, 0) is 11.3 Å². The van der Waals surface area contributed by atoms with Gasteiger partial charge in [-0.25, -0.2) is 4.98 Å². The molecule has 0 unspecified atom stereocenters. The van der Waals surface area contributed by atoms with Gasteiger partial charge in [0, 0.05) is 37.7 Å². The van der Waals surface area contributed by atoms with E-state index in [-0.39, 0.29) is 0 Å². The van der Waals surface area contributed by atoms with Crippen molar-refractivity contribution in [1.82, 2.24) is 10.3 Å². The molecule has 0 spiro atoms. The molecule has 0 aliphatic carbocycles. The number of methoxy groups -OCH3 is 1. The van der Waals surface area contributed by atoms with Gasteiger partial charge in [-0.2, -0.15) is 0 Å². The van der Waals surface area contributed by atoms with Gasteiger partial charge in [0.25, 0.3) is 0 Å². The van der Waals surface area contributed by atoms with E-state index in [0.717, 1.165) is 31.4 Å². The predicted octanol–water partition coefficient (Wildman–Crippen LogP) is 3.24. The smallest absolute Gasteiger partial charge is 0.185 e. The zero-order chi connectivity index (χ0) is 15.1. The fraction of sp³-hybridized carbons (Fsp3) is 0.800. The standard InChI is InChI=1S/C15H29N3OS/c1-7-18(8-9-19-6)15-17-14(11(2)3)13(20-15)10-16-12(4)5/h11-12,16H,7-10H2,1-6H3. The monoisotopic (exact) mass is 299 g/mol. The average Bonchev–Trinajstić information content (AvgIpc) is 2.81. The van der Waals surface area contributed by atoms with E-state index in [1.54, 1.807) is 7.11 Å². The lowest BCUT2D eigenvalue weighted by molar-refractivity contribution is 0.205. The third-order valence-corrected chi connectivity index (χ3v) is 4.28. The van der Waals surface area contributed by atoms with Crippen LogP contribution in [0.1, 0.15) is 51.1 Å². The molecule has 20 heavy (non-hydrogen) atoms. The van der Waals surface area contributed by atoms with E-state index in [9.17, 15) is 0 Å². The predicted molar refractivity (Wildman–Crippen MR) is 87.9 cm³/mol. The van der Waals surface area contributed by atoms with Gasteiger partial charge in [0.2, 0.25) is 0 Å². The second-order valence-electron chi connectivity index (χ2n) is 5.57. The zero-order valence-electron chi connectivity index (χ0n) is 13.7. The summed E-state index contributed by atoms with van der Waals surface area (Å²) < 4.78 is 5.18. The first-order valence-electron chi connectivity index (χ1n) is 7.46. The average molecular weight is 299 g/mol. The van der Waals surface area contributed by atoms with Crippen LogP contribution in [0.4, 0.5) is 5.13 Å². The Morgan fingerprint density at radius 1 is 1.30 bits per heavy atom. The van der Waals surface area contributed by atoms with Gasteiger partial charge < -0.3 is 15.0 Å². The van der Waals surface area contributed by atoms with Crippen molar-refractivity contribution in [2.45, 2.75) is 53.1 Å². The summed E-state index contributed by atoms with van der Waals surface area (Å²) in [5.41, 5.74) is 1.23. The molecule has 4 nitrogen and oxygen atoms in total. The van der Waals surface area contributed by atoms with Crippen molar-refractivity contribution < 1.29 is 4.74 Å². The van der Waals surface area contributed by atoms with Crippen molar-refractivity contribution in [1.29, 1.82) is 0 Å². The molecule has 0 radical (unpaired) electrons. The minimum atomic E-state index is 0.463. The summed E-state index contributed by atoms with van der Waals surface area (Å²) in [4.78, 5) is 8.51. The fourth-order valence-electron chi connectivity index (χ4n) is 1.95. The number of thiazole rings is 1. The molecular formula is C15H29N3OS. The molecule has 5 heteroatoms. The normalized spacial score (nSPS) is 11.6. The first-order valence-corrected chi connectivity index (χ1v) is 8.28. The van der Waals surface area contributed by atoms with Crippen LogP contribution < -0.4 is 10.2 Å². The van der Waals surface area contributed by atoms with Gasteiger partial charge in [0.05, 0.1) is 12.3 Å². The Labute approximate surface area is 127 Å². The molecule has 0 aromatic carbocycles. The molecule has 116 valence electrons. The van der Waals surface area contributed by atoms with E-state index < -0.39 is 0 Å². The summed E-state index contributed by atoms with van der Waals surface area (Å²) in [6.07, 6.45) is 0. The Morgan fingerprint density at radius 3 is 2.50 bits per heavy atom. The van der Waals surface area contributed by atoms with Crippen LogP contribution >= 0.6 is 11.3 Å². The summed E-state index contributed by atoms with van der Waals surface area (Å²) in [7, 11) is 1.74. The number of ether oxygens (including phenoxy) is 1. The molecule has 0 bridgehead atoms. The van der Waals surface area contributed by atoms with E-state index in [0.29, 0.717) is 12.0 Å². The molecule has 0 atom stereocenters. The first kappa shape index (κ1) is 17.4. The number of hydrogen-bond donors (Lipinski definition) is 1. The van der Waals surface area contributed by atoms with Crippen LogP contribution in [0.3, 0.4) is 0 Å². The maximum Gasteiger partial charge on any atom is 0.185 e. The number of nitrogens with one attached hydrogen (secondary N) is 1.